The van der Waals surface area contributed by atoms with Gasteiger partial charge < -0.3 is 14.2 Å². The summed E-state index contributed by atoms with van der Waals surface area (Å²) >= 11 is 4.30. The van der Waals surface area contributed by atoms with E-state index in [-0.39, 0.29) is 5.60 Å². The third-order valence-corrected chi connectivity index (χ3v) is 4.04. The molecule has 0 radical (unpaired) electrons. The summed E-state index contributed by atoms with van der Waals surface area (Å²) in [7, 11) is 3.45. The molecule has 1 aliphatic heterocycles. The van der Waals surface area contributed by atoms with Crippen LogP contribution in [0.3, 0.4) is 0 Å². The maximum atomic E-state index is 6.07. The normalized spacial score (nSPS) is 28.2. The van der Waals surface area contributed by atoms with E-state index >= 15 is 0 Å². The first-order valence-corrected chi connectivity index (χ1v) is 7.14. The molecule has 0 N–H and O–H groups in total. The summed E-state index contributed by atoms with van der Waals surface area (Å²) in [6.07, 6.45) is 5.94. The van der Waals surface area contributed by atoms with Crippen LogP contribution in [0, 0.1) is 0 Å². The van der Waals surface area contributed by atoms with Gasteiger partial charge in [0.05, 0.1) is 12.2 Å². The van der Waals surface area contributed by atoms with Crippen LogP contribution >= 0.6 is 12.6 Å². The highest BCUT2D eigenvalue weighted by Crippen LogP contribution is 2.40. The minimum atomic E-state index is -0.454. The fourth-order valence-corrected chi connectivity index (χ4v) is 2.95. The van der Waals surface area contributed by atoms with Crippen LogP contribution in [0.1, 0.15) is 45.4 Å². The number of hydrogen-bond donors (Lipinski definition) is 1. The van der Waals surface area contributed by atoms with Gasteiger partial charge in [-0.15, -0.1) is 0 Å². The van der Waals surface area contributed by atoms with Crippen molar-refractivity contribution < 1.29 is 14.2 Å². The molecule has 0 aromatic rings. The molecule has 1 rings (SSSR count). The lowest BCUT2D eigenvalue weighted by Gasteiger charge is -2.46. The van der Waals surface area contributed by atoms with Crippen molar-refractivity contribution in [1.82, 2.24) is 0 Å². The Kier molecular flexibility index (Phi) is 6.27. The second kappa shape index (κ2) is 6.98. The second-order valence-corrected chi connectivity index (χ2v) is 5.30. The van der Waals surface area contributed by atoms with Crippen LogP contribution in [0.5, 0.6) is 0 Å². The van der Waals surface area contributed by atoms with Gasteiger partial charge in [0.25, 0.3) is 0 Å². The Balaban J connectivity index is 2.74. The first-order chi connectivity index (χ1) is 8.16. The zero-order chi connectivity index (χ0) is 12.8. The Labute approximate surface area is 111 Å². The van der Waals surface area contributed by atoms with Crippen molar-refractivity contribution in [2.75, 3.05) is 26.6 Å². The van der Waals surface area contributed by atoms with Crippen LogP contribution in [0.4, 0.5) is 0 Å². The SMILES string of the molecule is CCCC1(CCCS)CC(OC)(OC)CCO1. The minimum absolute atomic E-state index is 0.0816. The molecule has 1 heterocycles. The van der Waals surface area contributed by atoms with Gasteiger partial charge in [-0.2, -0.15) is 12.6 Å². The predicted octanol–water partition coefficient (Wildman–Crippen LogP) is 3.03. The Morgan fingerprint density at radius 1 is 1.24 bits per heavy atom. The molecule has 1 aliphatic rings. The number of ether oxygens (including phenoxy) is 3. The molecule has 1 atom stereocenters. The number of thiol groups is 1. The summed E-state index contributed by atoms with van der Waals surface area (Å²) < 4.78 is 17.2. The van der Waals surface area contributed by atoms with E-state index in [1.807, 2.05) is 0 Å². The molecule has 0 aromatic heterocycles. The molecule has 0 saturated carbocycles. The van der Waals surface area contributed by atoms with Gasteiger partial charge in [-0.05, 0) is 25.0 Å². The van der Waals surface area contributed by atoms with Gasteiger partial charge in [-0.25, -0.2) is 0 Å². The molecule has 17 heavy (non-hydrogen) atoms. The van der Waals surface area contributed by atoms with E-state index in [2.05, 4.69) is 19.6 Å². The Morgan fingerprint density at radius 3 is 2.47 bits per heavy atom. The van der Waals surface area contributed by atoms with Crippen LogP contribution in [0.15, 0.2) is 0 Å². The topological polar surface area (TPSA) is 27.7 Å². The summed E-state index contributed by atoms with van der Waals surface area (Å²) in [5.74, 6) is 0.450. The van der Waals surface area contributed by atoms with E-state index in [0.717, 1.165) is 44.3 Å². The third-order valence-electron chi connectivity index (χ3n) is 3.72. The highest BCUT2D eigenvalue weighted by molar-refractivity contribution is 7.80. The van der Waals surface area contributed by atoms with Gasteiger partial charge in [0.1, 0.15) is 0 Å². The molecular formula is C13H26O3S. The van der Waals surface area contributed by atoms with E-state index < -0.39 is 5.79 Å². The van der Waals surface area contributed by atoms with Crippen LogP contribution < -0.4 is 0 Å². The maximum Gasteiger partial charge on any atom is 0.172 e. The van der Waals surface area contributed by atoms with Crippen molar-refractivity contribution in [1.29, 1.82) is 0 Å². The highest BCUT2D eigenvalue weighted by atomic mass is 32.1. The van der Waals surface area contributed by atoms with Crippen molar-refractivity contribution in [3.05, 3.63) is 0 Å². The van der Waals surface area contributed by atoms with Gasteiger partial charge in [0.2, 0.25) is 0 Å². The van der Waals surface area contributed by atoms with Crippen molar-refractivity contribution in [3.8, 4) is 0 Å². The Bertz CT molecular complexity index is 215. The molecule has 102 valence electrons. The zero-order valence-electron chi connectivity index (χ0n) is 11.3. The Morgan fingerprint density at radius 2 is 1.94 bits per heavy atom. The summed E-state index contributed by atoms with van der Waals surface area (Å²) in [6.45, 7) is 2.91. The summed E-state index contributed by atoms with van der Waals surface area (Å²) in [4.78, 5) is 0. The molecule has 0 aromatic carbocycles. The molecule has 0 spiro atoms. The summed E-state index contributed by atoms with van der Waals surface area (Å²) in [6, 6.07) is 0. The Hall–Kier alpha value is 0.230. The van der Waals surface area contributed by atoms with Crippen LogP contribution in [0.2, 0.25) is 0 Å². The van der Waals surface area contributed by atoms with Crippen molar-refractivity contribution in [2.24, 2.45) is 0 Å². The van der Waals surface area contributed by atoms with Crippen molar-refractivity contribution in [3.63, 3.8) is 0 Å². The van der Waals surface area contributed by atoms with E-state index in [9.17, 15) is 0 Å². The average molecular weight is 262 g/mol. The summed E-state index contributed by atoms with van der Waals surface area (Å²) in [5, 5.41) is 0. The highest BCUT2D eigenvalue weighted by Gasteiger charge is 2.45. The minimum Gasteiger partial charge on any atom is -0.375 e. The van der Waals surface area contributed by atoms with Gasteiger partial charge in [-0.3, -0.25) is 0 Å². The molecule has 0 bridgehead atoms. The quantitative estimate of drug-likeness (QED) is 0.564. The van der Waals surface area contributed by atoms with Gasteiger partial charge in [0, 0.05) is 27.1 Å². The fourth-order valence-electron chi connectivity index (χ4n) is 2.79. The average Bonchev–Trinajstić information content (AvgIpc) is 2.37. The molecule has 4 heteroatoms. The molecule has 1 fully saturated rings. The van der Waals surface area contributed by atoms with Crippen LogP contribution in [-0.4, -0.2) is 38.0 Å². The molecular weight excluding hydrogens is 236 g/mol. The lowest BCUT2D eigenvalue weighted by Crippen LogP contribution is -2.51. The van der Waals surface area contributed by atoms with E-state index in [4.69, 9.17) is 14.2 Å². The molecule has 0 amide bonds. The van der Waals surface area contributed by atoms with Crippen molar-refractivity contribution in [2.45, 2.75) is 56.8 Å². The van der Waals surface area contributed by atoms with E-state index in [0.29, 0.717) is 6.61 Å². The van der Waals surface area contributed by atoms with Crippen LogP contribution in [-0.2, 0) is 14.2 Å². The van der Waals surface area contributed by atoms with Crippen LogP contribution in [0.25, 0.3) is 0 Å². The van der Waals surface area contributed by atoms with E-state index in [1.54, 1.807) is 14.2 Å². The lowest BCUT2D eigenvalue weighted by molar-refractivity contribution is -0.281. The second-order valence-electron chi connectivity index (χ2n) is 4.85. The number of hydrogen-bond acceptors (Lipinski definition) is 4. The standard InChI is InChI=1S/C13H26O3S/c1-4-6-12(7-5-10-17)11-13(14-2,15-3)8-9-16-12/h17H,4-11H2,1-3H3. The van der Waals surface area contributed by atoms with Gasteiger partial charge in [-0.1, -0.05) is 13.3 Å². The smallest absolute Gasteiger partial charge is 0.172 e. The zero-order valence-corrected chi connectivity index (χ0v) is 12.2. The molecule has 1 saturated heterocycles. The number of rotatable bonds is 7. The largest absolute Gasteiger partial charge is 0.375 e. The molecule has 1 unspecified atom stereocenters. The summed E-state index contributed by atoms with van der Waals surface area (Å²) in [5.41, 5.74) is -0.0816. The van der Waals surface area contributed by atoms with Crippen molar-refractivity contribution >= 4 is 12.6 Å². The van der Waals surface area contributed by atoms with Gasteiger partial charge in [0.15, 0.2) is 5.79 Å². The third kappa shape index (κ3) is 3.85. The number of methoxy groups -OCH3 is 2. The lowest BCUT2D eigenvalue weighted by atomic mass is 9.82. The fraction of sp³-hybridized carbons (Fsp3) is 1.00. The van der Waals surface area contributed by atoms with Gasteiger partial charge >= 0.3 is 0 Å². The molecule has 3 nitrogen and oxygen atoms in total. The maximum absolute atomic E-state index is 6.07. The first-order valence-electron chi connectivity index (χ1n) is 6.51. The monoisotopic (exact) mass is 262 g/mol. The van der Waals surface area contributed by atoms with E-state index in [1.165, 1.54) is 0 Å². The molecule has 0 aliphatic carbocycles. The first kappa shape index (κ1) is 15.3. The predicted molar refractivity (Wildman–Crippen MR) is 72.7 cm³/mol.